The number of nitrogens with one attached hydrogen (secondary N) is 1. The Morgan fingerprint density at radius 1 is 1.56 bits per heavy atom. The molecule has 0 aliphatic rings. The number of halogens is 2. The molecule has 0 unspecified atom stereocenters. The molecule has 1 rings (SSSR count). The van der Waals surface area contributed by atoms with Gasteiger partial charge in [0.2, 0.25) is 0 Å². The molecule has 0 spiro atoms. The summed E-state index contributed by atoms with van der Waals surface area (Å²) in [7, 11) is 0. The van der Waals surface area contributed by atoms with Crippen LogP contribution in [-0.2, 0) is 11.2 Å². The van der Waals surface area contributed by atoms with Gasteiger partial charge in [0.05, 0.1) is 6.61 Å². The molecular weight excluding hydrogens is 277 g/mol. The Morgan fingerprint density at radius 3 is 3.00 bits per heavy atom. The molecule has 1 aromatic rings. The number of hydrogen-bond donors (Lipinski definition) is 1. The second-order valence-corrected chi connectivity index (χ2v) is 4.05. The SMILES string of the molecule is CCOC(=O)NCCc1cc(Br)ccc1F. The maximum Gasteiger partial charge on any atom is 0.407 e. The predicted octanol–water partition coefficient (Wildman–Crippen LogP) is 2.88. The minimum absolute atomic E-state index is 0.270. The zero-order valence-electron chi connectivity index (χ0n) is 8.93. The Morgan fingerprint density at radius 2 is 2.31 bits per heavy atom. The average molecular weight is 290 g/mol. The van der Waals surface area contributed by atoms with Gasteiger partial charge in [0.1, 0.15) is 5.82 Å². The lowest BCUT2D eigenvalue weighted by atomic mass is 10.1. The van der Waals surface area contributed by atoms with Crippen LogP contribution in [0.5, 0.6) is 0 Å². The van der Waals surface area contributed by atoms with E-state index in [9.17, 15) is 9.18 Å². The first-order chi connectivity index (χ1) is 7.63. The Labute approximate surface area is 102 Å². The second kappa shape index (κ2) is 6.48. The van der Waals surface area contributed by atoms with E-state index >= 15 is 0 Å². The van der Waals surface area contributed by atoms with Crippen molar-refractivity contribution in [3.8, 4) is 0 Å². The van der Waals surface area contributed by atoms with Gasteiger partial charge in [0, 0.05) is 11.0 Å². The first kappa shape index (κ1) is 13.0. The van der Waals surface area contributed by atoms with Crippen molar-refractivity contribution in [2.75, 3.05) is 13.2 Å². The Hall–Kier alpha value is -1.10. The summed E-state index contributed by atoms with van der Waals surface area (Å²) in [6.07, 6.45) is -0.0396. The maximum atomic E-state index is 13.3. The van der Waals surface area contributed by atoms with Crippen LogP contribution in [0.2, 0.25) is 0 Å². The van der Waals surface area contributed by atoms with Gasteiger partial charge < -0.3 is 10.1 Å². The van der Waals surface area contributed by atoms with E-state index < -0.39 is 6.09 Å². The van der Waals surface area contributed by atoms with Crippen LogP contribution in [0, 0.1) is 5.82 Å². The number of ether oxygens (including phenoxy) is 1. The van der Waals surface area contributed by atoms with Gasteiger partial charge in [0.25, 0.3) is 0 Å². The largest absolute Gasteiger partial charge is 0.450 e. The van der Waals surface area contributed by atoms with Crippen molar-refractivity contribution in [1.29, 1.82) is 0 Å². The van der Waals surface area contributed by atoms with Gasteiger partial charge in [-0.05, 0) is 37.1 Å². The van der Waals surface area contributed by atoms with Crippen molar-refractivity contribution in [2.45, 2.75) is 13.3 Å². The second-order valence-electron chi connectivity index (χ2n) is 3.13. The van der Waals surface area contributed by atoms with E-state index in [1.807, 2.05) is 0 Å². The number of hydrogen-bond acceptors (Lipinski definition) is 2. The van der Waals surface area contributed by atoms with E-state index in [1.165, 1.54) is 6.07 Å². The van der Waals surface area contributed by atoms with Crippen LogP contribution < -0.4 is 5.32 Å². The minimum Gasteiger partial charge on any atom is -0.450 e. The van der Waals surface area contributed by atoms with E-state index in [0.717, 1.165) is 4.47 Å². The van der Waals surface area contributed by atoms with Crippen LogP contribution in [0.3, 0.4) is 0 Å². The summed E-state index contributed by atoms with van der Waals surface area (Å²) in [6, 6.07) is 4.73. The van der Waals surface area contributed by atoms with Gasteiger partial charge in [0.15, 0.2) is 0 Å². The van der Waals surface area contributed by atoms with Crippen molar-refractivity contribution >= 4 is 22.0 Å². The first-order valence-corrected chi connectivity index (χ1v) is 5.77. The van der Waals surface area contributed by atoms with Crippen molar-refractivity contribution in [3.05, 3.63) is 34.1 Å². The monoisotopic (exact) mass is 289 g/mol. The smallest absolute Gasteiger partial charge is 0.407 e. The Kier molecular flexibility index (Phi) is 5.25. The van der Waals surface area contributed by atoms with Crippen molar-refractivity contribution in [1.82, 2.24) is 5.32 Å². The third kappa shape index (κ3) is 4.18. The fraction of sp³-hybridized carbons (Fsp3) is 0.364. The van der Waals surface area contributed by atoms with E-state index in [2.05, 4.69) is 26.0 Å². The van der Waals surface area contributed by atoms with Crippen molar-refractivity contribution in [2.24, 2.45) is 0 Å². The molecule has 0 atom stereocenters. The zero-order chi connectivity index (χ0) is 12.0. The van der Waals surface area contributed by atoms with Crippen LogP contribution in [-0.4, -0.2) is 19.2 Å². The Balaban J connectivity index is 2.42. The van der Waals surface area contributed by atoms with Gasteiger partial charge in [-0.25, -0.2) is 9.18 Å². The molecule has 0 radical (unpaired) electrons. The third-order valence-electron chi connectivity index (χ3n) is 1.95. The third-order valence-corrected chi connectivity index (χ3v) is 2.44. The summed E-state index contributed by atoms with van der Waals surface area (Å²) in [4.78, 5) is 10.9. The highest BCUT2D eigenvalue weighted by Crippen LogP contribution is 2.15. The highest BCUT2D eigenvalue weighted by atomic mass is 79.9. The fourth-order valence-electron chi connectivity index (χ4n) is 1.22. The summed E-state index contributed by atoms with van der Waals surface area (Å²) < 4.78 is 18.8. The molecule has 0 saturated carbocycles. The van der Waals surface area contributed by atoms with E-state index in [1.54, 1.807) is 19.1 Å². The predicted molar refractivity (Wildman–Crippen MR) is 62.8 cm³/mol. The van der Waals surface area contributed by atoms with Crippen LogP contribution in [0.4, 0.5) is 9.18 Å². The van der Waals surface area contributed by atoms with E-state index in [0.29, 0.717) is 25.1 Å². The molecule has 0 aliphatic carbocycles. The first-order valence-electron chi connectivity index (χ1n) is 4.98. The molecule has 3 nitrogen and oxygen atoms in total. The highest BCUT2D eigenvalue weighted by molar-refractivity contribution is 9.10. The lowest BCUT2D eigenvalue weighted by Gasteiger charge is -2.06. The van der Waals surface area contributed by atoms with Gasteiger partial charge in [-0.3, -0.25) is 0 Å². The average Bonchev–Trinajstić information content (AvgIpc) is 2.23. The number of benzene rings is 1. The minimum atomic E-state index is -0.474. The van der Waals surface area contributed by atoms with Gasteiger partial charge in [-0.2, -0.15) is 0 Å². The molecule has 1 aromatic carbocycles. The molecule has 0 aromatic heterocycles. The number of carbonyl (C=O) groups is 1. The zero-order valence-corrected chi connectivity index (χ0v) is 10.5. The number of alkyl carbamates (subject to hydrolysis) is 1. The highest BCUT2D eigenvalue weighted by Gasteiger charge is 2.04. The molecule has 0 saturated heterocycles. The summed E-state index contributed by atoms with van der Waals surface area (Å²) in [5.41, 5.74) is 0.561. The fourth-order valence-corrected chi connectivity index (χ4v) is 1.62. The molecule has 88 valence electrons. The molecule has 0 bridgehead atoms. The van der Waals surface area contributed by atoms with E-state index in [-0.39, 0.29) is 5.82 Å². The standard InChI is InChI=1S/C11H13BrFNO2/c1-2-16-11(15)14-6-5-8-7-9(12)3-4-10(8)13/h3-4,7H,2,5-6H2,1H3,(H,14,15). The van der Waals surface area contributed by atoms with Crippen LogP contribution in [0.1, 0.15) is 12.5 Å². The van der Waals surface area contributed by atoms with Crippen LogP contribution in [0.15, 0.2) is 22.7 Å². The molecular formula is C11H13BrFNO2. The van der Waals surface area contributed by atoms with Gasteiger partial charge in [-0.1, -0.05) is 15.9 Å². The molecule has 1 amide bonds. The summed E-state index contributed by atoms with van der Waals surface area (Å²) in [5, 5.41) is 2.54. The number of carbonyl (C=O) groups excluding carboxylic acids is 1. The maximum absolute atomic E-state index is 13.3. The summed E-state index contributed by atoms with van der Waals surface area (Å²) in [6.45, 7) is 2.41. The van der Waals surface area contributed by atoms with Gasteiger partial charge in [-0.15, -0.1) is 0 Å². The van der Waals surface area contributed by atoms with Crippen LogP contribution in [0.25, 0.3) is 0 Å². The van der Waals surface area contributed by atoms with Crippen LogP contribution >= 0.6 is 15.9 Å². The summed E-state index contributed by atoms with van der Waals surface area (Å²) >= 11 is 3.26. The topological polar surface area (TPSA) is 38.3 Å². The van der Waals surface area contributed by atoms with Gasteiger partial charge >= 0.3 is 6.09 Å². The lowest BCUT2D eigenvalue weighted by Crippen LogP contribution is -2.26. The molecule has 5 heteroatoms. The summed E-state index contributed by atoms with van der Waals surface area (Å²) in [5.74, 6) is -0.270. The Bertz CT molecular complexity index is 371. The molecule has 16 heavy (non-hydrogen) atoms. The van der Waals surface area contributed by atoms with E-state index in [4.69, 9.17) is 0 Å². The normalized spacial score (nSPS) is 9.94. The van der Waals surface area contributed by atoms with Crippen molar-refractivity contribution < 1.29 is 13.9 Å². The molecule has 0 fully saturated rings. The molecule has 0 aliphatic heterocycles. The molecule has 0 heterocycles. The number of amides is 1. The number of rotatable bonds is 4. The molecule has 1 N–H and O–H groups in total. The lowest BCUT2D eigenvalue weighted by molar-refractivity contribution is 0.152. The van der Waals surface area contributed by atoms with Crippen molar-refractivity contribution in [3.63, 3.8) is 0 Å². The quantitative estimate of drug-likeness (QED) is 0.926.